The van der Waals surface area contributed by atoms with E-state index in [1.54, 1.807) is 48.5 Å². The van der Waals surface area contributed by atoms with Crippen LogP contribution in [0.1, 0.15) is 31.8 Å². The molecule has 0 aromatic heterocycles. The topological polar surface area (TPSA) is 111 Å². The van der Waals surface area contributed by atoms with Crippen molar-refractivity contribution in [2.75, 3.05) is 0 Å². The maximum atomic E-state index is 12.8. The van der Waals surface area contributed by atoms with Crippen LogP contribution in [0.4, 0.5) is 5.69 Å². The number of hydrogen-bond acceptors (Lipinski definition) is 6. The van der Waals surface area contributed by atoms with Crippen LogP contribution in [0.15, 0.2) is 90.0 Å². The normalized spacial score (nSPS) is 10.9. The number of hydrazone groups is 1. The predicted octanol–water partition coefficient (Wildman–Crippen LogP) is 5.04. The maximum absolute atomic E-state index is 12.8. The summed E-state index contributed by atoms with van der Waals surface area (Å²) in [6.45, 7) is 1.91. The molecular formula is C26H19N3O5. The average molecular weight is 453 g/mol. The van der Waals surface area contributed by atoms with Gasteiger partial charge in [0.05, 0.1) is 16.7 Å². The maximum Gasteiger partial charge on any atom is 0.344 e. The lowest BCUT2D eigenvalue weighted by Gasteiger charge is -2.08. The summed E-state index contributed by atoms with van der Waals surface area (Å²) in [7, 11) is 0. The zero-order chi connectivity index (χ0) is 24.1. The number of fused-ring (bicyclic) bond motifs is 1. The van der Waals surface area contributed by atoms with Crippen molar-refractivity contribution in [3.63, 3.8) is 0 Å². The van der Waals surface area contributed by atoms with Crippen LogP contribution in [0.3, 0.4) is 0 Å². The Bertz CT molecular complexity index is 1420. The second kappa shape index (κ2) is 9.74. The third kappa shape index (κ3) is 4.97. The highest BCUT2D eigenvalue weighted by Crippen LogP contribution is 2.29. The summed E-state index contributed by atoms with van der Waals surface area (Å²) >= 11 is 0. The van der Waals surface area contributed by atoms with Gasteiger partial charge in [0.1, 0.15) is 0 Å². The van der Waals surface area contributed by atoms with E-state index >= 15 is 0 Å². The first-order valence-corrected chi connectivity index (χ1v) is 10.3. The first-order valence-electron chi connectivity index (χ1n) is 10.3. The van der Waals surface area contributed by atoms with Gasteiger partial charge in [-0.15, -0.1) is 0 Å². The van der Waals surface area contributed by atoms with E-state index < -0.39 is 22.5 Å². The van der Waals surface area contributed by atoms with Gasteiger partial charge in [-0.05, 0) is 48.0 Å². The third-order valence-electron chi connectivity index (χ3n) is 5.09. The molecule has 0 saturated carbocycles. The summed E-state index contributed by atoms with van der Waals surface area (Å²) in [4.78, 5) is 35.9. The zero-order valence-electron chi connectivity index (χ0n) is 18.1. The van der Waals surface area contributed by atoms with Gasteiger partial charge in [-0.25, -0.2) is 10.2 Å². The molecule has 4 aromatic carbocycles. The van der Waals surface area contributed by atoms with E-state index in [9.17, 15) is 19.7 Å². The molecule has 0 aliphatic rings. The second-order valence-corrected chi connectivity index (χ2v) is 7.47. The molecule has 8 heteroatoms. The summed E-state index contributed by atoms with van der Waals surface area (Å²) in [5.74, 6) is -1.30. The molecule has 4 rings (SSSR count). The number of ether oxygens (including phenoxy) is 1. The van der Waals surface area contributed by atoms with E-state index in [1.165, 1.54) is 24.4 Å². The standard InChI is InChI=1S/C26H19N3O5/c1-17-9-12-20(13-10-17)25(30)28-27-16-18-11-14-24(23(15-18)29(32)33)34-26(31)22-8-4-6-19-5-2-3-7-21(19)22/h2-16H,1H3,(H,28,30)/b27-16+. The molecule has 4 aromatic rings. The van der Waals surface area contributed by atoms with Crippen LogP contribution in [-0.4, -0.2) is 23.0 Å². The SMILES string of the molecule is Cc1ccc(C(=O)N/N=C/c2ccc(OC(=O)c3cccc4ccccc34)c([N+](=O)[O-])c2)cc1. The van der Waals surface area contributed by atoms with Gasteiger partial charge in [0.15, 0.2) is 0 Å². The van der Waals surface area contributed by atoms with Gasteiger partial charge in [0.2, 0.25) is 5.75 Å². The van der Waals surface area contributed by atoms with Gasteiger partial charge >= 0.3 is 11.7 Å². The molecule has 0 saturated heterocycles. The Morgan fingerprint density at radius 2 is 1.71 bits per heavy atom. The minimum absolute atomic E-state index is 0.191. The molecule has 1 amide bonds. The van der Waals surface area contributed by atoms with Crippen molar-refractivity contribution >= 4 is 34.6 Å². The van der Waals surface area contributed by atoms with Crippen LogP contribution in [0, 0.1) is 17.0 Å². The molecule has 0 aliphatic carbocycles. The molecule has 168 valence electrons. The first-order chi connectivity index (χ1) is 16.4. The van der Waals surface area contributed by atoms with Crippen LogP contribution in [0.2, 0.25) is 0 Å². The van der Waals surface area contributed by atoms with Gasteiger partial charge in [0, 0.05) is 17.2 Å². The first kappa shape index (κ1) is 22.3. The number of nitrogens with one attached hydrogen (secondary N) is 1. The van der Waals surface area contributed by atoms with Crippen LogP contribution < -0.4 is 10.2 Å². The summed E-state index contributed by atoms with van der Waals surface area (Å²) < 4.78 is 5.37. The Morgan fingerprint density at radius 1 is 0.971 bits per heavy atom. The van der Waals surface area contributed by atoms with Crippen LogP contribution >= 0.6 is 0 Å². The van der Waals surface area contributed by atoms with Crippen molar-refractivity contribution in [2.45, 2.75) is 6.92 Å². The van der Waals surface area contributed by atoms with Gasteiger partial charge in [-0.3, -0.25) is 14.9 Å². The third-order valence-corrected chi connectivity index (χ3v) is 5.09. The molecule has 1 N–H and O–H groups in total. The minimum Gasteiger partial charge on any atom is -0.416 e. The number of aryl methyl sites for hydroxylation is 1. The highest BCUT2D eigenvalue weighted by Gasteiger charge is 2.20. The summed E-state index contributed by atoms with van der Waals surface area (Å²) in [5, 5.41) is 17.0. The molecule has 0 aliphatic heterocycles. The van der Waals surface area contributed by atoms with Crippen LogP contribution in [0.5, 0.6) is 5.75 Å². The molecule has 34 heavy (non-hydrogen) atoms. The number of nitrogens with zero attached hydrogens (tertiary/aromatic N) is 2. The molecular weight excluding hydrogens is 434 g/mol. The van der Waals surface area contributed by atoms with Crippen LogP contribution in [0.25, 0.3) is 10.8 Å². The van der Waals surface area contributed by atoms with E-state index in [0.717, 1.165) is 10.9 Å². The van der Waals surface area contributed by atoms with E-state index in [-0.39, 0.29) is 5.75 Å². The monoisotopic (exact) mass is 453 g/mol. The molecule has 0 spiro atoms. The molecule has 0 atom stereocenters. The Kier molecular flexibility index (Phi) is 6.40. The van der Waals surface area contributed by atoms with Gasteiger partial charge in [0.25, 0.3) is 5.91 Å². The molecule has 0 fully saturated rings. The summed E-state index contributed by atoms with van der Waals surface area (Å²) in [6.07, 6.45) is 1.27. The molecule has 0 unspecified atom stereocenters. The smallest absolute Gasteiger partial charge is 0.344 e. The quantitative estimate of drug-likeness (QED) is 0.145. The van der Waals surface area contributed by atoms with E-state index in [1.807, 2.05) is 25.1 Å². The largest absolute Gasteiger partial charge is 0.416 e. The molecule has 8 nitrogen and oxygen atoms in total. The number of amides is 1. The van der Waals surface area contributed by atoms with E-state index in [4.69, 9.17) is 4.74 Å². The number of rotatable bonds is 6. The summed E-state index contributed by atoms with van der Waals surface area (Å²) in [6, 6.07) is 23.5. The number of esters is 1. The van der Waals surface area contributed by atoms with E-state index in [2.05, 4.69) is 10.5 Å². The Morgan fingerprint density at radius 3 is 2.47 bits per heavy atom. The van der Waals surface area contributed by atoms with Crippen molar-refractivity contribution in [1.29, 1.82) is 0 Å². The Labute approximate surface area is 194 Å². The number of nitro benzene ring substituents is 1. The lowest BCUT2D eigenvalue weighted by Crippen LogP contribution is -2.17. The lowest BCUT2D eigenvalue weighted by molar-refractivity contribution is -0.385. The number of benzene rings is 4. The van der Waals surface area contributed by atoms with Crippen molar-refractivity contribution in [3.8, 4) is 5.75 Å². The number of carbonyl (C=O) groups excluding carboxylic acids is 2. The van der Waals surface area contributed by atoms with Crippen molar-refractivity contribution < 1.29 is 19.2 Å². The van der Waals surface area contributed by atoms with Gasteiger partial charge < -0.3 is 4.74 Å². The summed E-state index contributed by atoms with van der Waals surface area (Å²) in [5.41, 5.74) is 4.08. The lowest BCUT2D eigenvalue weighted by atomic mass is 10.0. The Balaban J connectivity index is 1.51. The fraction of sp³-hybridized carbons (Fsp3) is 0.0385. The highest BCUT2D eigenvalue weighted by molar-refractivity contribution is 6.05. The van der Waals surface area contributed by atoms with Gasteiger partial charge in [-0.2, -0.15) is 5.10 Å². The Hall–Kier alpha value is -4.85. The zero-order valence-corrected chi connectivity index (χ0v) is 18.1. The van der Waals surface area contributed by atoms with E-state index in [0.29, 0.717) is 22.1 Å². The average Bonchev–Trinajstić information content (AvgIpc) is 2.84. The van der Waals surface area contributed by atoms with Crippen molar-refractivity contribution in [3.05, 3.63) is 117 Å². The van der Waals surface area contributed by atoms with Crippen molar-refractivity contribution in [1.82, 2.24) is 5.43 Å². The van der Waals surface area contributed by atoms with Gasteiger partial charge in [-0.1, -0.05) is 54.1 Å². The fourth-order valence-corrected chi connectivity index (χ4v) is 3.34. The number of carbonyl (C=O) groups is 2. The fourth-order valence-electron chi connectivity index (χ4n) is 3.34. The number of nitro groups is 1. The predicted molar refractivity (Wildman–Crippen MR) is 128 cm³/mol. The van der Waals surface area contributed by atoms with Crippen LogP contribution in [-0.2, 0) is 0 Å². The molecule has 0 radical (unpaired) electrons. The molecule has 0 heterocycles. The number of hydrogen-bond donors (Lipinski definition) is 1. The minimum atomic E-state index is -0.702. The highest BCUT2D eigenvalue weighted by atomic mass is 16.6. The molecule has 0 bridgehead atoms. The van der Waals surface area contributed by atoms with Crippen molar-refractivity contribution in [2.24, 2.45) is 5.10 Å². The second-order valence-electron chi connectivity index (χ2n) is 7.47.